The zero-order valence-electron chi connectivity index (χ0n) is 18.4. The quantitative estimate of drug-likeness (QED) is 0.313. The van der Waals surface area contributed by atoms with Gasteiger partial charge in [-0.05, 0) is 42.7 Å². The van der Waals surface area contributed by atoms with Crippen LogP contribution in [-0.4, -0.2) is 27.3 Å². The van der Waals surface area contributed by atoms with Crippen LogP contribution in [0.15, 0.2) is 88.8 Å². The molecule has 0 aliphatic heterocycles. The van der Waals surface area contributed by atoms with Crippen molar-refractivity contribution in [2.45, 2.75) is 30.2 Å². The molecule has 0 radical (unpaired) electrons. The maximum atomic E-state index is 14.6. The Balaban J connectivity index is 1.61. The van der Waals surface area contributed by atoms with Crippen molar-refractivity contribution < 1.29 is 9.18 Å². The zero-order chi connectivity index (χ0) is 23.4. The van der Waals surface area contributed by atoms with E-state index in [0.717, 1.165) is 17.3 Å². The Bertz CT molecular complexity index is 1340. The van der Waals surface area contributed by atoms with Crippen molar-refractivity contribution in [2.75, 3.05) is 6.54 Å². The number of carbonyl (C=O) groups excluding carboxylic acids is 1. The SMILES string of the molecule is CC(Sc1nc2ccccc2c(=O)n1-c1ccccc1F)C(=O)NCC(C)c1ccccc1. The normalized spacial score (nSPS) is 12.9. The average Bonchev–Trinajstić information content (AvgIpc) is 2.84. The van der Waals surface area contributed by atoms with E-state index in [4.69, 9.17) is 0 Å². The van der Waals surface area contributed by atoms with Crippen molar-refractivity contribution >= 4 is 28.6 Å². The summed E-state index contributed by atoms with van der Waals surface area (Å²) in [5, 5.41) is 3.09. The van der Waals surface area contributed by atoms with E-state index in [1.54, 1.807) is 43.3 Å². The predicted molar refractivity (Wildman–Crippen MR) is 130 cm³/mol. The molecule has 2 unspecified atom stereocenters. The van der Waals surface area contributed by atoms with E-state index < -0.39 is 11.1 Å². The summed E-state index contributed by atoms with van der Waals surface area (Å²) in [6, 6.07) is 22.9. The average molecular weight is 462 g/mol. The molecule has 7 heteroatoms. The highest BCUT2D eigenvalue weighted by molar-refractivity contribution is 8.00. The number of rotatable bonds is 7. The Kier molecular flexibility index (Phi) is 6.89. The second-order valence-electron chi connectivity index (χ2n) is 7.82. The summed E-state index contributed by atoms with van der Waals surface area (Å²) in [6.07, 6.45) is 0. The van der Waals surface area contributed by atoms with E-state index >= 15 is 0 Å². The third-order valence-electron chi connectivity index (χ3n) is 5.44. The van der Waals surface area contributed by atoms with Crippen molar-refractivity contribution in [1.29, 1.82) is 0 Å². The van der Waals surface area contributed by atoms with Crippen LogP contribution in [0.2, 0.25) is 0 Å². The number of aromatic nitrogens is 2. The summed E-state index contributed by atoms with van der Waals surface area (Å²) in [4.78, 5) is 30.7. The van der Waals surface area contributed by atoms with Crippen LogP contribution in [0.25, 0.3) is 16.6 Å². The molecule has 0 saturated carbocycles. The van der Waals surface area contributed by atoms with Crippen LogP contribution in [0, 0.1) is 5.82 Å². The largest absolute Gasteiger partial charge is 0.355 e. The summed E-state index contributed by atoms with van der Waals surface area (Å²) in [5.74, 6) is -0.555. The van der Waals surface area contributed by atoms with Gasteiger partial charge in [-0.2, -0.15) is 0 Å². The molecule has 0 saturated heterocycles. The third kappa shape index (κ3) is 4.98. The number of thioether (sulfide) groups is 1. The lowest BCUT2D eigenvalue weighted by Crippen LogP contribution is -2.34. The smallest absolute Gasteiger partial charge is 0.266 e. The lowest BCUT2D eigenvalue weighted by molar-refractivity contribution is -0.120. The number of hydrogen-bond acceptors (Lipinski definition) is 4. The minimum Gasteiger partial charge on any atom is -0.355 e. The van der Waals surface area contributed by atoms with Gasteiger partial charge in [-0.25, -0.2) is 9.37 Å². The summed E-state index contributed by atoms with van der Waals surface area (Å²) in [7, 11) is 0. The number of halogens is 1. The Morgan fingerprint density at radius 2 is 1.67 bits per heavy atom. The van der Waals surface area contributed by atoms with Crippen LogP contribution in [-0.2, 0) is 4.79 Å². The van der Waals surface area contributed by atoms with Gasteiger partial charge in [-0.15, -0.1) is 0 Å². The number of hydrogen-bond donors (Lipinski definition) is 1. The van der Waals surface area contributed by atoms with Crippen molar-refractivity contribution in [3.63, 3.8) is 0 Å². The van der Waals surface area contributed by atoms with E-state index in [9.17, 15) is 14.0 Å². The van der Waals surface area contributed by atoms with Crippen LogP contribution >= 0.6 is 11.8 Å². The molecule has 3 aromatic carbocycles. The van der Waals surface area contributed by atoms with Crippen LogP contribution in [0.3, 0.4) is 0 Å². The van der Waals surface area contributed by atoms with Gasteiger partial charge in [-0.3, -0.25) is 14.2 Å². The molecule has 1 heterocycles. The number of nitrogens with zero attached hydrogens (tertiary/aromatic N) is 2. The van der Waals surface area contributed by atoms with Gasteiger partial charge < -0.3 is 5.32 Å². The Morgan fingerprint density at radius 3 is 2.42 bits per heavy atom. The van der Waals surface area contributed by atoms with E-state index in [1.807, 2.05) is 37.3 Å². The number of para-hydroxylation sites is 2. The fourth-order valence-corrected chi connectivity index (χ4v) is 4.49. The first-order valence-electron chi connectivity index (χ1n) is 10.7. The first-order chi connectivity index (χ1) is 16.0. The molecule has 2 atom stereocenters. The summed E-state index contributed by atoms with van der Waals surface area (Å²) < 4.78 is 15.9. The zero-order valence-corrected chi connectivity index (χ0v) is 19.2. The van der Waals surface area contributed by atoms with Crippen molar-refractivity contribution in [3.8, 4) is 5.69 Å². The Morgan fingerprint density at radius 1 is 1.00 bits per heavy atom. The maximum absolute atomic E-state index is 14.6. The molecule has 0 spiro atoms. The number of fused-ring (bicyclic) bond motifs is 1. The molecule has 33 heavy (non-hydrogen) atoms. The molecule has 0 aliphatic carbocycles. The van der Waals surface area contributed by atoms with Crippen molar-refractivity contribution in [1.82, 2.24) is 14.9 Å². The summed E-state index contributed by atoms with van der Waals surface area (Å²) in [5.41, 5.74) is 1.37. The van der Waals surface area contributed by atoms with Gasteiger partial charge in [0, 0.05) is 6.54 Å². The minimum absolute atomic E-state index is 0.105. The second-order valence-corrected chi connectivity index (χ2v) is 9.13. The van der Waals surface area contributed by atoms with E-state index in [-0.39, 0.29) is 28.2 Å². The molecule has 4 aromatic rings. The van der Waals surface area contributed by atoms with E-state index in [2.05, 4.69) is 10.3 Å². The van der Waals surface area contributed by atoms with Gasteiger partial charge in [0.15, 0.2) is 5.16 Å². The van der Waals surface area contributed by atoms with Crippen molar-refractivity contribution in [2.24, 2.45) is 0 Å². The topological polar surface area (TPSA) is 64.0 Å². The lowest BCUT2D eigenvalue weighted by Gasteiger charge is -2.18. The Labute approximate surface area is 195 Å². The molecule has 1 amide bonds. The van der Waals surface area contributed by atoms with Gasteiger partial charge >= 0.3 is 0 Å². The number of nitrogens with one attached hydrogen (secondary N) is 1. The number of amides is 1. The van der Waals surface area contributed by atoms with Crippen LogP contribution in [0.5, 0.6) is 0 Å². The fraction of sp³-hybridized carbons (Fsp3) is 0.192. The van der Waals surface area contributed by atoms with Gasteiger partial charge in [-0.1, -0.05) is 73.3 Å². The summed E-state index contributed by atoms with van der Waals surface area (Å²) >= 11 is 1.13. The second kappa shape index (κ2) is 10.0. The number of benzene rings is 3. The van der Waals surface area contributed by atoms with E-state index in [0.29, 0.717) is 17.4 Å². The Hall–Kier alpha value is -3.45. The predicted octanol–water partition coefficient (Wildman–Crippen LogP) is 4.93. The van der Waals surface area contributed by atoms with Gasteiger partial charge in [0.2, 0.25) is 5.91 Å². The highest BCUT2D eigenvalue weighted by Gasteiger charge is 2.22. The van der Waals surface area contributed by atoms with Crippen LogP contribution < -0.4 is 10.9 Å². The first kappa shape index (κ1) is 22.7. The van der Waals surface area contributed by atoms with Crippen molar-refractivity contribution in [3.05, 3.63) is 101 Å². The van der Waals surface area contributed by atoms with Crippen LogP contribution in [0.4, 0.5) is 4.39 Å². The molecule has 0 aliphatic rings. The third-order valence-corrected chi connectivity index (χ3v) is 6.49. The minimum atomic E-state index is -0.543. The molecule has 0 bridgehead atoms. The summed E-state index contributed by atoms with van der Waals surface area (Å²) in [6.45, 7) is 4.29. The molecule has 0 fully saturated rings. The van der Waals surface area contributed by atoms with Gasteiger partial charge in [0.05, 0.1) is 21.8 Å². The molecule has 4 rings (SSSR count). The highest BCUT2D eigenvalue weighted by Crippen LogP contribution is 2.26. The maximum Gasteiger partial charge on any atom is 0.266 e. The molecular weight excluding hydrogens is 437 g/mol. The lowest BCUT2D eigenvalue weighted by atomic mass is 10.0. The molecular formula is C26H24FN3O2S. The first-order valence-corrected chi connectivity index (χ1v) is 11.6. The van der Waals surface area contributed by atoms with Crippen LogP contribution in [0.1, 0.15) is 25.3 Å². The monoisotopic (exact) mass is 461 g/mol. The molecule has 1 aromatic heterocycles. The highest BCUT2D eigenvalue weighted by atomic mass is 32.2. The van der Waals surface area contributed by atoms with Gasteiger partial charge in [0.1, 0.15) is 5.82 Å². The molecule has 5 nitrogen and oxygen atoms in total. The molecule has 1 N–H and O–H groups in total. The van der Waals surface area contributed by atoms with Gasteiger partial charge in [0.25, 0.3) is 5.56 Å². The molecule has 168 valence electrons. The fourth-order valence-electron chi connectivity index (χ4n) is 3.55. The van der Waals surface area contributed by atoms with E-state index in [1.165, 1.54) is 16.7 Å². The number of carbonyl (C=O) groups is 1. The standard InChI is InChI=1S/C26H24FN3O2S/c1-17(19-10-4-3-5-11-19)16-28-24(31)18(2)33-26-29-22-14-8-6-12-20(22)25(32)30(26)23-15-9-7-13-21(23)27/h3-15,17-18H,16H2,1-2H3,(H,28,31).